The molecule has 0 unspecified atom stereocenters. The minimum absolute atomic E-state index is 0.108. The van der Waals surface area contributed by atoms with E-state index in [0.717, 1.165) is 10.2 Å². The van der Waals surface area contributed by atoms with Crippen LogP contribution in [0.5, 0.6) is 0 Å². The number of hydrogen-bond acceptors (Lipinski definition) is 3. The average molecular weight is 382 g/mol. The maximum atomic E-state index is 11.7. The lowest BCUT2D eigenvalue weighted by molar-refractivity contribution is 0.600. The number of hydrogen-bond donors (Lipinski definition) is 1. The van der Waals surface area contributed by atoms with Gasteiger partial charge in [-0.3, -0.25) is 0 Å². The minimum Gasteiger partial charge on any atom is -0.356 e. The maximum Gasteiger partial charge on any atom is 0.174 e. The summed E-state index contributed by atoms with van der Waals surface area (Å²) in [7, 11) is -3.01. The summed E-state index contributed by atoms with van der Waals surface area (Å²) in [5.74, 6) is 0.236. The monoisotopic (exact) mass is 380 g/mol. The van der Waals surface area contributed by atoms with Gasteiger partial charge in [0.15, 0.2) is 14.9 Å². The SMILES string of the molecule is O=S1(=O)C[C@@H]2NC(=S)N(c3ccc(Br)cc3Cl)[C@@H]2C1. The molecule has 4 nitrogen and oxygen atoms in total. The summed E-state index contributed by atoms with van der Waals surface area (Å²) in [4.78, 5) is 1.82. The van der Waals surface area contributed by atoms with Gasteiger partial charge < -0.3 is 10.2 Å². The molecule has 0 spiro atoms. The van der Waals surface area contributed by atoms with Crippen LogP contribution in [0.1, 0.15) is 0 Å². The van der Waals surface area contributed by atoms with Crippen molar-refractivity contribution < 1.29 is 8.42 Å². The fourth-order valence-electron chi connectivity index (χ4n) is 2.56. The highest BCUT2D eigenvalue weighted by Gasteiger charge is 2.48. The highest BCUT2D eigenvalue weighted by Crippen LogP contribution is 2.35. The maximum absolute atomic E-state index is 11.7. The lowest BCUT2D eigenvalue weighted by atomic mass is 10.1. The van der Waals surface area contributed by atoms with Gasteiger partial charge in [0, 0.05) is 4.47 Å². The zero-order valence-electron chi connectivity index (χ0n) is 9.64. The largest absolute Gasteiger partial charge is 0.356 e. The molecule has 2 saturated heterocycles. The van der Waals surface area contributed by atoms with Crippen LogP contribution in [0.3, 0.4) is 0 Å². The molecule has 1 N–H and O–H groups in total. The lowest BCUT2D eigenvalue weighted by Crippen LogP contribution is -2.37. The molecule has 1 aromatic carbocycles. The van der Waals surface area contributed by atoms with E-state index in [1.54, 1.807) is 6.07 Å². The molecule has 0 radical (unpaired) electrons. The molecule has 8 heteroatoms. The summed E-state index contributed by atoms with van der Waals surface area (Å²) < 4.78 is 24.3. The molecule has 1 aromatic rings. The molecule has 102 valence electrons. The van der Waals surface area contributed by atoms with Gasteiger partial charge in [0.1, 0.15) is 0 Å². The normalized spacial score (nSPS) is 28.3. The van der Waals surface area contributed by atoms with Crippen molar-refractivity contribution in [1.29, 1.82) is 0 Å². The van der Waals surface area contributed by atoms with Gasteiger partial charge in [0.25, 0.3) is 0 Å². The number of fused-ring (bicyclic) bond motifs is 1. The van der Waals surface area contributed by atoms with Crippen molar-refractivity contribution in [2.45, 2.75) is 12.1 Å². The van der Waals surface area contributed by atoms with Gasteiger partial charge >= 0.3 is 0 Å². The van der Waals surface area contributed by atoms with Crippen LogP contribution in [0, 0.1) is 0 Å². The van der Waals surface area contributed by atoms with Gasteiger partial charge in [-0.15, -0.1) is 0 Å². The lowest BCUT2D eigenvalue weighted by Gasteiger charge is -2.24. The van der Waals surface area contributed by atoms with E-state index in [1.165, 1.54) is 0 Å². The van der Waals surface area contributed by atoms with Crippen LogP contribution in [0.25, 0.3) is 0 Å². The van der Waals surface area contributed by atoms with Crippen LogP contribution in [-0.4, -0.2) is 37.1 Å². The molecule has 3 rings (SSSR count). The highest BCUT2D eigenvalue weighted by molar-refractivity contribution is 9.10. The Balaban J connectivity index is 2.02. The predicted octanol–water partition coefficient (Wildman–Crippen LogP) is 1.96. The first-order valence-electron chi connectivity index (χ1n) is 5.62. The molecule has 0 saturated carbocycles. The molecule has 2 aliphatic rings. The molecule has 2 atom stereocenters. The summed E-state index contributed by atoms with van der Waals surface area (Å²) in [6.45, 7) is 0. The first-order valence-corrected chi connectivity index (χ1v) is 9.03. The summed E-state index contributed by atoms with van der Waals surface area (Å²) in [6.07, 6.45) is 0. The fourth-order valence-corrected chi connectivity index (χ4v) is 5.60. The van der Waals surface area contributed by atoms with Crippen molar-refractivity contribution in [2.75, 3.05) is 16.4 Å². The molecule has 2 aliphatic heterocycles. The van der Waals surface area contributed by atoms with Crippen LogP contribution in [0.2, 0.25) is 5.02 Å². The Hall–Kier alpha value is -0.370. The highest BCUT2D eigenvalue weighted by atomic mass is 79.9. The molecule has 2 fully saturated rings. The van der Waals surface area contributed by atoms with E-state index in [2.05, 4.69) is 21.2 Å². The summed E-state index contributed by atoms with van der Waals surface area (Å²) in [5, 5.41) is 4.15. The Morgan fingerprint density at radius 3 is 2.84 bits per heavy atom. The van der Waals surface area contributed by atoms with E-state index in [1.807, 2.05) is 17.0 Å². The first-order chi connectivity index (χ1) is 8.87. The van der Waals surface area contributed by atoms with E-state index >= 15 is 0 Å². The number of rotatable bonds is 1. The molecule has 2 heterocycles. The van der Waals surface area contributed by atoms with Crippen molar-refractivity contribution in [2.24, 2.45) is 0 Å². The van der Waals surface area contributed by atoms with Gasteiger partial charge in [-0.1, -0.05) is 27.5 Å². The van der Waals surface area contributed by atoms with E-state index in [0.29, 0.717) is 10.1 Å². The summed E-state index contributed by atoms with van der Waals surface area (Å²) in [6, 6.07) is 5.17. The number of nitrogens with zero attached hydrogens (tertiary/aromatic N) is 1. The van der Waals surface area contributed by atoms with E-state index in [4.69, 9.17) is 23.8 Å². The van der Waals surface area contributed by atoms with Crippen LogP contribution >= 0.6 is 39.7 Å². The van der Waals surface area contributed by atoms with E-state index < -0.39 is 9.84 Å². The Morgan fingerprint density at radius 1 is 1.42 bits per heavy atom. The van der Waals surface area contributed by atoms with Gasteiger partial charge in [-0.25, -0.2) is 8.42 Å². The van der Waals surface area contributed by atoms with Crippen LogP contribution < -0.4 is 10.2 Å². The Bertz CT molecular complexity index is 665. The molecule has 0 bridgehead atoms. The molecule has 0 aromatic heterocycles. The summed E-state index contributed by atoms with van der Waals surface area (Å²) in [5.41, 5.74) is 0.743. The van der Waals surface area contributed by atoms with E-state index in [9.17, 15) is 8.42 Å². The smallest absolute Gasteiger partial charge is 0.174 e. The minimum atomic E-state index is -3.01. The van der Waals surface area contributed by atoms with E-state index in [-0.39, 0.29) is 23.6 Å². The molecule has 0 amide bonds. The summed E-state index contributed by atoms with van der Waals surface area (Å²) >= 11 is 14.9. The third kappa shape index (κ3) is 2.37. The van der Waals surface area contributed by atoms with Crippen molar-refractivity contribution in [3.8, 4) is 0 Å². The third-order valence-corrected chi connectivity index (χ3v) is 6.18. The number of sulfone groups is 1. The second-order valence-corrected chi connectivity index (χ2v) is 8.53. The topological polar surface area (TPSA) is 49.4 Å². The molecular formula is C11H10BrClN2O2S2. The second kappa shape index (κ2) is 4.58. The molecular weight excluding hydrogens is 372 g/mol. The number of benzene rings is 1. The van der Waals surface area contributed by atoms with Crippen LogP contribution in [0.15, 0.2) is 22.7 Å². The van der Waals surface area contributed by atoms with Gasteiger partial charge in [0.05, 0.1) is 34.3 Å². The van der Waals surface area contributed by atoms with Gasteiger partial charge in [-0.2, -0.15) is 0 Å². The standard InChI is InChI=1S/C11H10BrClN2O2S2/c12-6-1-2-9(7(13)3-6)15-10-5-19(16,17)4-8(10)14-11(15)18/h1-3,8,10H,4-5H2,(H,14,18)/t8-,10+/m0/s1. The second-order valence-electron chi connectivity index (χ2n) is 4.67. The number of nitrogens with one attached hydrogen (secondary N) is 1. The van der Waals surface area contributed by atoms with Crippen molar-refractivity contribution in [1.82, 2.24) is 5.32 Å². The number of thiocarbonyl (C=S) groups is 1. The van der Waals surface area contributed by atoms with Gasteiger partial charge in [0.2, 0.25) is 0 Å². The quantitative estimate of drug-likeness (QED) is 0.754. The zero-order chi connectivity index (χ0) is 13.8. The van der Waals surface area contributed by atoms with Crippen LogP contribution in [-0.2, 0) is 9.84 Å². The number of anilines is 1. The van der Waals surface area contributed by atoms with Crippen molar-refractivity contribution in [3.63, 3.8) is 0 Å². The van der Waals surface area contributed by atoms with Gasteiger partial charge in [-0.05, 0) is 30.4 Å². The predicted molar refractivity (Wildman–Crippen MR) is 83.6 cm³/mol. The Kier molecular flexibility index (Phi) is 3.28. The number of halogens is 2. The third-order valence-electron chi connectivity index (χ3n) is 3.35. The first kappa shape index (κ1) is 13.6. The van der Waals surface area contributed by atoms with Crippen molar-refractivity contribution in [3.05, 3.63) is 27.7 Å². The Morgan fingerprint density at radius 2 is 2.16 bits per heavy atom. The Labute approximate surface area is 130 Å². The van der Waals surface area contributed by atoms with Crippen LogP contribution in [0.4, 0.5) is 5.69 Å². The molecule has 19 heavy (non-hydrogen) atoms. The zero-order valence-corrected chi connectivity index (χ0v) is 13.6. The average Bonchev–Trinajstić information content (AvgIpc) is 2.70. The molecule has 0 aliphatic carbocycles. The fraction of sp³-hybridized carbons (Fsp3) is 0.364. The van der Waals surface area contributed by atoms with Crippen molar-refractivity contribution >= 4 is 60.4 Å².